The van der Waals surface area contributed by atoms with Crippen molar-refractivity contribution in [3.05, 3.63) is 73.2 Å². The van der Waals surface area contributed by atoms with E-state index in [4.69, 9.17) is 5.26 Å². The van der Waals surface area contributed by atoms with E-state index in [2.05, 4.69) is 0 Å². The Bertz CT molecular complexity index is 816. The highest BCUT2D eigenvalue weighted by molar-refractivity contribution is 5.41. The van der Waals surface area contributed by atoms with Crippen LogP contribution in [0.15, 0.2) is 35.1 Å². The third-order valence-corrected chi connectivity index (χ3v) is 3.33. The summed E-state index contributed by atoms with van der Waals surface area (Å²) >= 11 is 0. The lowest BCUT2D eigenvalue weighted by molar-refractivity contribution is -0.385. The van der Waals surface area contributed by atoms with E-state index in [0.29, 0.717) is 16.8 Å². The number of nitro benzene ring substituents is 1. The SMILES string of the molecule is Cc1cc(C)n(Cc2ccccc2[N+](=O)[O-])c(=O)c1C#N. The van der Waals surface area contributed by atoms with Crippen LogP contribution in [0, 0.1) is 35.3 Å². The molecule has 2 aromatic rings. The Morgan fingerprint density at radius 3 is 2.62 bits per heavy atom. The van der Waals surface area contributed by atoms with Crippen molar-refractivity contribution >= 4 is 5.69 Å². The molecule has 6 nitrogen and oxygen atoms in total. The van der Waals surface area contributed by atoms with Crippen LogP contribution in [0.25, 0.3) is 0 Å². The maximum atomic E-state index is 12.3. The molecule has 2 rings (SSSR count). The molecule has 0 amide bonds. The summed E-state index contributed by atoms with van der Waals surface area (Å²) in [5.41, 5.74) is 1.31. The fourth-order valence-electron chi connectivity index (χ4n) is 2.25. The van der Waals surface area contributed by atoms with Crippen molar-refractivity contribution in [3.8, 4) is 6.07 Å². The third-order valence-electron chi connectivity index (χ3n) is 3.33. The molecule has 0 aliphatic heterocycles. The summed E-state index contributed by atoms with van der Waals surface area (Å²) in [6.07, 6.45) is 0. The Labute approximate surface area is 121 Å². The summed E-state index contributed by atoms with van der Waals surface area (Å²) in [6, 6.07) is 9.88. The van der Waals surface area contributed by atoms with Crippen molar-refractivity contribution in [1.82, 2.24) is 4.57 Å². The Morgan fingerprint density at radius 1 is 1.33 bits per heavy atom. The summed E-state index contributed by atoms with van der Waals surface area (Å²) in [5.74, 6) is 0. The van der Waals surface area contributed by atoms with Gasteiger partial charge in [0, 0.05) is 17.3 Å². The quantitative estimate of drug-likeness (QED) is 0.638. The van der Waals surface area contributed by atoms with Crippen LogP contribution < -0.4 is 5.56 Å². The van der Waals surface area contributed by atoms with Gasteiger partial charge in [0.15, 0.2) is 0 Å². The highest BCUT2D eigenvalue weighted by Gasteiger charge is 2.16. The van der Waals surface area contributed by atoms with Crippen molar-refractivity contribution in [2.45, 2.75) is 20.4 Å². The van der Waals surface area contributed by atoms with E-state index in [-0.39, 0.29) is 17.8 Å². The number of rotatable bonds is 3. The number of nitriles is 1. The van der Waals surface area contributed by atoms with Gasteiger partial charge in [-0.25, -0.2) is 0 Å². The standard InChI is InChI=1S/C15H13N3O3/c1-10-7-11(2)17(15(19)13(10)8-16)9-12-5-3-4-6-14(12)18(20)21/h3-7H,9H2,1-2H3. The average molecular weight is 283 g/mol. The average Bonchev–Trinajstić information content (AvgIpc) is 2.44. The van der Waals surface area contributed by atoms with Crippen LogP contribution in [0.3, 0.4) is 0 Å². The molecular weight excluding hydrogens is 270 g/mol. The lowest BCUT2D eigenvalue weighted by Gasteiger charge is -2.12. The topological polar surface area (TPSA) is 88.9 Å². The summed E-state index contributed by atoms with van der Waals surface area (Å²) in [7, 11) is 0. The number of para-hydroxylation sites is 1. The van der Waals surface area contributed by atoms with E-state index < -0.39 is 10.5 Å². The monoisotopic (exact) mass is 283 g/mol. The minimum absolute atomic E-state index is 0.0390. The number of hydrogen-bond acceptors (Lipinski definition) is 4. The van der Waals surface area contributed by atoms with E-state index in [0.717, 1.165) is 0 Å². The normalized spacial score (nSPS) is 10.1. The van der Waals surface area contributed by atoms with Crippen LogP contribution in [-0.2, 0) is 6.54 Å². The molecule has 0 N–H and O–H groups in total. The zero-order valence-electron chi connectivity index (χ0n) is 11.7. The molecule has 6 heteroatoms. The van der Waals surface area contributed by atoms with Crippen molar-refractivity contribution in [3.63, 3.8) is 0 Å². The zero-order valence-corrected chi connectivity index (χ0v) is 11.7. The van der Waals surface area contributed by atoms with Crippen LogP contribution in [-0.4, -0.2) is 9.49 Å². The minimum atomic E-state index is -0.477. The molecule has 0 spiro atoms. The van der Waals surface area contributed by atoms with Gasteiger partial charge in [0.1, 0.15) is 11.6 Å². The zero-order chi connectivity index (χ0) is 15.6. The number of benzene rings is 1. The maximum absolute atomic E-state index is 12.3. The molecule has 0 unspecified atom stereocenters. The minimum Gasteiger partial charge on any atom is -0.307 e. The predicted octanol–water partition coefficient (Wildman–Crippen LogP) is 2.29. The number of aromatic nitrogens is 1. The first-order valence-electron chi connectivity index (χ1n) is 6.29. The number of nitro groups is 1. The van der Waals surface area contributed by atoms with Crippen LogP contribution in [0.4, 0.5) is 5.69 Å². The van der Waals surface area contributed by atoms with Gasteiger partial charge < -0.3 is 4.57 Å². The van der Waals surface area contributed by atoms with E-state index in [1.54, 1.807) is 38.1 Å². The number of aryl methyl sites for hydroxylation is 2. The molecule has 0 aliphatic rings. The second kappa shape index (κ2) is 5.59. The van der Waals surface area contributed by atoms with Crippen LogP contribution in [0.1, 0.15) is 22.4 Å². The van der Waals surface area contributed by atoms with E-state index in [1.807, 2.05) is 6.07 Å². The summed E-state index contributed by atoms with van der Waals surface area (Å²) in [6.45, 7) is 3.50. The maximum Gasteiger partial charge on any atom is 0.274 e. The highest BCUT2D eigenvalue weighted by atomic mass is 16.6. The van der Waals surface area contributed by atoms with Crippen molar-refractivity contribution in [1.29, 1.82) is 5.26 Å². The number of hydrogen-bond donors (Lipinski definition) is 0. The van der Waals surface area contributed by atoms with Crippen molar-refractivity contribution < 1.29 is 4.92 Å². The summed E-state index contributed by atoms with van der Waals surface area (Å²) in [4.78, 5) is 22.8. The van der Waals surface area contributed by atoms with Crippen molar-refractivity contribution in [2.75, 3.05) is 0 Å². The van der Waals surface area contributed by atoms with Gasteiger partial charge in [-0.05, 0) is 25.5 Å². The van der Waals surface area contributed by atoms with Crippen LogP contribution in [0.2, 0.25) is 0 Å². The van der Waals surface area contributed by atoms with Gasteiger partial charge in [-0.3, -0.25) is 14.9 Å². The Morgan fingerprint density at radius 2 is 2.00 bits per heavy atom. The fourth-order valence-corrected chi connectivity index (χ4v) is 2.25. The molecule has 1 aromatic heterocycles. The molecular formula is C15H13N3O3. The smallest absolute Gasteiger partial charge is 0.274 e. The van der Waals surface area contributed by atoms with Gasteiger partial charge >= 0.3 is 0 Å². The first-order valence-corrected chi connectivity index (χ1v) is 6.29. The lowest BCUT2D eigenvalue weighted by Crippen LogP contribution is -2.26. The van der Waals surface area contributed by atoms with Crippen LogP contribution >= 0.6 is 0 Å². The van der Waals surface area contributed by atoms with Crippen molar-refractivity contribution in [2.24, 2.45) is 0 Å². The summed E-state index contributed by atoms with van der Waals surface area (Å²) < 4.78 is 1.38. The van der Waals surface area contributed by atoms with E-state index in [1.165, 1.54) is 10.6 Å². The molecule has 0 atom stereocenters. The predicted molar refractivity (Wildman–Crippen MR) is 77.1 cm³/mol. The van der Waals surface area contributed by atoms with Gasteiger partial charge in [0.2, 0.25) is 0 Å². The largest absolute Gasteiger partial charge is 0.307 e. The summed E-state index contributed by atoms with van der Waals surface area (Å²) in [5, 5.41) is 20.1. The Kier molecular flexibility index (Phi) is 3.85. The third kappa shape index (κ3) is 2.67. The first kappa shape index (κ1) is 14.5. The number of pyridine rings is 1. The Balaban J connectivity index is 2.59. The van der Waals surface area contributed by atoms with Gasteiger partial charge in [-0.15, -0.1) is 0 Å². The lowest BCUT2D eigenvalue weighted by atomic mass is 10.1. The van der Waals surface area contributed by atoms with Gasteiger partial charge in [-0.1, -0.05) is 18.2 Å². The van der Waals surface area contributed by atoms with E-state index in [9.17, 15) is 14.9 Å². The van der Waals surface area contributed by atoms with Gasteiger partial charge in [0.25, 0.3) is 11.2 Å². The molecule has 0 bridgehead atoms. The Hall–Kier alpha value is -2.94. The van der Waals surface area contributed by atoms with Gasteiger partial charge in [0.05, 0.1) is 11.5 Å². The molecule has 0 saturated heterocycles. The second-order valence-corrected chi connectivity index (χ2v) is 4.73. The molecule has 21 heavy (non-hydrogen) atoms. The molecule has 106 valence electrons. The number of nitrogens with zero attached hydrogens (tertiary/aromatic N) is 3. The van der Waals surface area contributed by atoms with E-state index >= 15 is 0 Å². The fraction of sp³-hybridized carbons (Fsp3) is 0.200. The highest BCUT2D eigenvalue weighted by Crippen LogP contribution is 2.19. The van der Waals surface area contributed by atoms with Crippen LogP contribution in [0.5, 0.6) is 0 Å². The van der Waals surface area contributed by atoms with Gasteiger partial charge in [-0.2, -0.15) is 5.26 Å². The molecule has 0 saturated carbocycles. The molecule has 1 heterocycles. The molecule has 0 radical (unpaired) electrons. The second-order valence-electron chi connectivity index (χ2n) is 4.73. The molecule has 0 fully saturated rings. The first-order chi connectivity index (χ1) is 9.95. The molecule has 1 aromatic carbocycles. The molecule has 0 aliphatic carbocycles.